The predicted molar refractivity (Wildman–Crippen MR) is 102 cm³/mol. The van der Waals surface area contributed by atoms with Crippen LogP contribution in [0.1, 0.15) is 32.1 Å². The van der Waals surface area contributed by atoms with Crippen molar-refractivity contribution in [2.45, 2.75) is 37.0 Å². The minimum absolute atomic E-state index is 0.174. The number of thioether (sulfide) groups is 1. The van der Waals surface area contributed by atoms with Gasteiger partial charge in [-0.1, -0.05) is 36.6 Å². The number of carbonyl (C=O) groups excluding carboxylic acids is 2. The van der Waals surface area contributed by atoms with Gasteiger partial charge in [0, 0.05) is 49.2 Å². The van der Waals surface area contributed by atoms with E-state index in [1.807, 2.05) is 34.1 Å². The second-order valence-electron chi connectivity index (χ2n) is 6.72. The topological polar surface area (TPSA) is 40.6 Å². The number of piperazine rings is 1. The van der Waals surface area contributed by atoms with Crippen molar-refractivity contribution in [1.82, 2.24) is 9.80 Å². The average Bonchev–Trinajstić information content (AvgIpc) is 3.17. The lowest BCUT2D eigenvalue weighted by molar-refractivity contribution is -0.141. The summed E-state index contributed by atoms with van der Waals surface area (Å²) >= 11 is 7.75. The van der Waals surface area contributed by atoms with Gasteiger partial charge in [-0.2, -0.15) is 0 Å². The van der Waals surface area contributed by atoms with Crippen molar-refractivity contribution in [3.63, 3.8) is 0 Å². The van der Waals surface area contributed by atoms with Gasteiger partial charge in [0.05, 0.1) is 5.02 Å². The summed E-state index contributed by atoms with van der Waals surface area (Å²) in [5.41, 5.74) is 0. The van der Waals surface area contributed by atoms with Gasteiger partial charge in [-0.25, -0.2) is 0 Å². The lowest BCUT2D eigenvalue weighted by Gasteiger charge is -2.36. The number of amides is 2. The van der Waals surface area contributed by atoms with E-state index < -0.39 is 0 Å². The van der Waals surface area contributed by atoms with Crippen molar-refractivity contribution in [3.05, 3.63) is 29.3 Å². The third-order valence-corrected chi connectivity index (χ3v) is 6.58. The lowest BCUT2D eigenvalue weighted by atomic mass is 10.1. The van der Waals surface area contributed by atoms with Crippen molar-refractivity contribution < 1.29 is 9.59 Å². The van der Waals surface area contributed by atoms with E-state index in [2.05, 4.69) is 0 Å². The summed E-state index contributed by atoms with van der Waals surface area (Å²) in [4.78, 5) is 29.7. The fourth-order valence-corrected chi connectivity index (χ4v) is 4.75. The van der Waals surface area contributed by atoms with Crippen LogP contribution >= 0.6 is 23.4 Å². The van der Waals surface area contributed by atoms with Crippen molar-refractivity contribution in [3.8, 4) is 0 Å². The van der Waals surface area contributed by atoms with Crippen LogP contribution in [-0.4, -0.2) is 53.5 Å². The molecular weight excluding hydrogens is 356 g/mol. The summed E-state index contributed by atoms with van der Waals surface area (Å²) < 4.78 is 0. The third kappa shape index (κ3) is 4.91. The Balaban J connectivity index is 1.39. The molecule has 4 nitrogen and oxygen atoms in total. The van der Waals surface area contributed by atoms with E-state index >= 15 is 0 Å². The number of nitrogens with zero attached hydrogens (tertiary/aromatic N) is 2. The quantitative estimate of drug-likeness (QED) is 0.731. The Morgan fingerprint density at radius 3 is 2.36 bits per heavy atom. The van der Waals surface area contributed by atoms with Crippen LogP contribution in [0.25, 0.3) is 0 Å². The van der Waals surface area contributed by atoms with E-state index in [0.29, 0.717) is 38.5 Å². The van der Waals surface area contributed by atoms with Crippen molar-refractivity contribution in [2.24, 2.45) is 5.92 Å². The Morgan fingerprint density at radius 1 is 1.04 bits per heavy atom. The molecule has 1 saturated heterocycles. The van der Waals surface area contributed by atoms with Crippen LogP contribution in [0.5, 0.6) is 0 Å². The molecule has 25 heavy (non-hydrogen) atoms. The number of rotatable bonds is 5. The number of benzene rings is 1. The summed E-state index contributed by atoms with van der Waals surface area (Å²) in [5.74, 6) is 1.43. The molecule has 1 aliphatic heterocycles. The van der Waals surface area contributed by atoms with Crippen LogP contribution in [0.2, 0.25) is 5.02 Å². The van der Waals surface area contributed by atoms with Gasteiger partial charge in [-0.3, -0.25) is 9.59 Å². The normalized spacial score (nSPS) is 18.6. The van der Waals surface area contributed by atoms with Crippen molar-refractivity contribution >= 4 is 35.2 Å². The molecule has 2 amide bonds. The van der Waals surface area contributed by atoms with Crippen LogP contribution in [0.4, 0.5) is 0 Å². The van der Waals surface area contributed by atoms with Crippen LogP contribution in [-0.2, 0) is 9.59 Å². The second kappa shape index (κ2) is 8.95. The highest BCUT2D eigenvalue weighted by molar-refractivity contribution is 7.99. The summed E-state index contributed by atoms with van der Waals surface area (Å²) in [6.07, 6.45) is 4.94. The van der Waals surface area contributed by atoms with E-state index in [9.17, 15) is 9.59 Å². The SMILES string of the molecule is O=C(CCSc1ccccc1Cl)N1CCN(C(=O)C2CCCC2)CC1. The Bertz CT molecular complexity index is 611. The lowest BCUT2D eigenvalue weighted by Crippen LogP contribution is -2.51. The first-order valence-corrected chi connectivity index (χ1v) is 10.5. The van der Waals surface area contributed by atoms with Gasteiger partial charge in [0.1, 0.15) is 0 Å². The zero-order chi connectivity index (χ0) is 17.6. The molecule has 6 heteroatoms. The van der Waals surface area contributed by atoms with Gasteiger partial charge in [-0.15, -0.1) is 11.8 Å². The molecular formula is C19H25ClN2O2S. The Morgan fingerprint density at radius 2 is 1.68 bits per heavy atom. The molecule has 1 saturated carbocycles. The Labute approximate surface area is 158 Å². The maximum Gasteiger partial charge on any atom is 0.225 e. The average molecular weight is 381 g/mol. The monoisotopic (exact) mass is 380 g/mol. The highest BCUT2D eigenvalue weighted by Crippen LogP contribution is 2.28. The van der Waals surface area contributed by atoms with Gasteiger partial charge in [0.2, 0.25) is 11.8 Å². The fraction of sp³-hybridized carbons (Fsp3) is 0.579. The summed E-state index contributed by atoms with van der Waals surface area (Å²) in [5, 5.41) is 0.735. The molecule has 0 aromatic heterocycles. The zero-order valence-corrected chi connectivity index (χ0v) is 16.0. The highest BCUT2D eigenvalue weighted by atomic mass is 35.5. The number of carbonyl (C=O) groups is 2. The third-order valence-electron chi connectivity index (χ3n) is 5.06. The molecule has 136 valence electrons. The summed E-state index contributed by atoms with van der Waals surface area (Å²) in [7, 11) is 0. The Kier molecular flexibility index (Phi) is 6.65. The molecule has 3 rings (SSSR count). The van der Waals surface area contributed by atoms with Crippen molar-refractivity contribution in [2.75, 3.05) is 31.9 Å². The van der Waals surface area contributed by atoms with Gasteiger partial charge in [0.25, 0.3) is 0 Å². The number of hydrogen-bond donors (Lipinski definition) is 0. The molecule has 0 bridgehead atoms. The van der Waals surface area contributed by atoms with E-state index in [-0.39, 0.29) is 11.8 Å². The first-order valence-electron chi connectivity index (χ1n) is 9.09. The van der Waals surface area contributed by atoms with Gasteiger partial charge in [-0.05, 0) is 25.0 Å². The molecule has 1 aromatic carbocycles. The summed E-state index contributed by atoms with van der Waals surface area (Å²) in [6.45, 7) is 2.68. The second-order valence-corrected chi connectivity index (χ2v) is 8.26. The first kappa shape index (κ1) is 18.6. The molecule has 0 radical (unpaired) electrons. The number of hydrogen-bond acceptors (Lipinski definition) is 3. The van der Waals surface area contributed by atoms with E-state index in [0.717, 1.165) is 28.5 Å². The minimum atomic E-state index is 0.174. The molecule has 0 atom stereocenters. The van der Waals surface area contributed by atoms with E-state index in [1.54, 1.807) is 11.8 Å². The van der Waals surface area contributed by atoms with Gasteiger partial charge < -0.3 is 9.80 Å². The predicted octanol–water partition coefficient (Wildman–Crippen LogP) is 3.68. The largest absolute Gasteiger partial charge is 0.339 e. The van der Waals surface area contributed by atoms with Crippen LogP contribution in [0.3, 0.4) is 0 Å². The smallest absolute Gasteiger partial charge is 0.225 e. The molecule has 0 unspecified atom stereocenters. The first-order chi connectivity index (χ1) is 12.1. The van der Waals surface area contributed by atoms with E-state index in [4.69, 9.17) is 11.6 Å². The molecule has 2 fully saturated rings. The molecule has 0 N–H and O–H groups in total. The van der Waals surface area contributed by atoms with Crippen LogP contribution in [0, 0.1) is 5.92 Å². The van der Waals surface area contributed by atoms with Crippen LogP contribution in [0.15, 0.2) is 29.2 Å². The fourth-order valence-electron chi connectivity index (χ4n) is 3.58. The zero-order valence-electron chi connectivity index (χ0n) is 14.5. The van der Waals surface area contributed by atoms with Gasteiger partial charge >= 0.3 is 0 Å². The minimum Gasteiger partial charge on any atom is -0.339 e. The molecule has 2 aliphatic rings. The summed E-state index contributed by atoms with van der Waals surface area (Å²) in [6, 6.07) is 7.71. The highest BCUT2D eigenvalue weighted by Gasteiger charge is 2.30. The van der Waals surface area contributed by atoms with E-state index in [1.165, 1.54) is 12.8 Å². The molecule has 1 aliphatic carbocycles. The molecule has 1 aromatic rings. The maximum absolute atomic E-state index is 12.4. The maximum atomic E-state index is 12.4. The standard InChI is InChI=1S/C19H25ClN2O2S/c20-16-7-3-4-8-17(16)25-14-9-18(23)21-10-12-22(13-11-21)19(24)15-5-1-2-6-15/h3-4,7-8,15H,1-2,5-6,9-14H2. The van der Waals surface area contributed by atoms with Crippen molar-refractivity contribution in [1.29, 1.82) is 0 Å². The van der Waals surface area contributed by atoms with Gasteiger partial charge in [0.15, 0.2) is 0 Å². The molecule has 0 spiro atoms. The van der Waals surface area contributed by atoms with Crippen LogP contribution < -0.4 is 0 Å². The Hall–Kier alpha value is -1.20. The molecule has 1 heterocycles. The number of halogens is 1.